The summed E-state index contributed by atoms with van der Waals surface area (Å²) >= 11 is 0. The van der Waals surface area contributed by atoms with E-state index >= 15 is 0 Å². The number of imide groups is 1. The number of likely N-dealkylation sites (tertiary alicyclic amines) is 1. The maximum absolute atomic E-state index is 13.6. The molecule has 2 atom stereocenters. The topological polar surface area (TPSA) is 53.1 Å². The van der Waals surface area contributed by atoms with E-state index in [9.17, 15) is 14.0 Å². The summed E-state index contributed by atoms with van der Waals surface area (Å²) in [7, 11) is 1.59. The average Bonchev–Trinajstić information content (AvgIpc) is 2.95. The molecule has 1 aromatic rings. The van der Waals surface area contributed by atoms with Crippen LogP contribution >= 0.6 is 0 Å². The maximum Gasteiger partial charge on any atom is 0.234 e. The Morgan fingerprint density at radius 3 is 2.21 bits per heavy atom. The Morgan fingerprint density at radius 1 is 1.00 bits per heavy atom. The van der Waals surface area contributed by atoms with Crippen LogP contribution in [0.1, 0.15) is 18.4 Å². The Morgan fingerprint density at radius 2 is 1.61 bits per heavy atom. The number of allylic oxidation sites excluding steroid dienone is 2. The summed E-state index contributed by atoms with van der Waals surface area (Å²) in [5.41, 5.74) is 0.831. The molecule has 3 aliphatic rings. The molecule has 2 saturated heterocycles. The van der Waals surface area contributed by atoms with Crippen molar-refractivity contribution in [1.82, 2.24) is 14.7 Å². The van der Waals surface area contributed by atoms with Crippen molar-refractivity contribution in [2.75, 3.05) is 40.0 Å². The Balaban J connectivity index is 1.32. The second kappa shape index (κ2) is 8.01. The second-order valence-electron chi connectivity index (χ2n) is 7.75. The van der Waals surface area contributed by atoms with E-state index in [0.717, 1.165) is 31.7 Å². The number of fused-ring (bicyclic) bond motifs is 1. The van der Waals surface area contributed by atoms with Crippen LogP contribution in [0.4, 0.5) is 4.39 Å². The lowest BCUT2D eigenvalue weighted by Crippen LogP contribution is -2.51. The van der Waals surface area contributed by atoms with Gasteiger partial charge in [0.2, 0.25) is 11.8 Å². The fourth-order valence-corrected chi connectivity index (χ4v) is 4.41. The third kappa shape index (κ3) is 3.69. The molecule has 6 nitrogen and oxygen atoms in total. The lowest BCUT2D eigenvalue weighted by Gasteiger charge is -2.36. The summed E-state index contributed by atoms with van der Waals surface area (Å²) in [4.78, 5) is 31.1. The standard InChI is InChI=1S/C21H26FN3O3/c1-28-19-7-6-16(22)12-15(19)13-23-8-10-24(11-9-23)14-25-20(26)17-4-2-3-5-18(17)21(25)27/h2-3,6-7,12,17-18H,4-5,8-11,13-14H2,1H3/t17-,18+. The van der Waals surface area contributed by atoms with Gasteiger partial charge < -0.3 is 4.74 Å². The van der Waals surface area contributed by atoms with Gasteiger partial charge in [0.1, 0.15) is 11.6 Å². The number of ether oxygens (including phenoxy) is 1. The predicted octanol–water partition coefficient (Wildman–Crippen LogP) is 1.86. The number of carbonyl (C=O) groups excluding carboxylic acids is 2. The number of amides is 2. The molecule has 1 aliphatic carbocycles. The highest BCUT2D eigenvalue weighted by Gasteiger charge is 2.47. The first-order chi connectivity index (χ1) is 13.6. The van der Waals surface area contributed by atoms with E-state index in [-0.39, 0.29) is 29.5 Å². The minimum atomic E-state index is -0.267. The zero-order chi connectivity index (χ0) is 19.7. The van der Waals surface area contributed by atoms with Gasteiger partial charge in [-0.2, -0.15) is 0 Å². The van der Waals surface area contributed by atoms with Crippen molar-refractivity contribution in [3.63, 3.8) is 0 Å². The van der Waals surface area contributed by atoms with Crippen molar-refractivity contribution in [1.29, 1.82) is 0 Å². The molecule has 0 spiro atoms. The summed E-state index contributed by atoms with van der Waals surface area (Å²) in [6, 6.07) is 4.57. The van der Waals surface area contributed by atoms with Crippen molar-refractivity contribution >= 4 is 11.8 Å². The van der Waals surface area contributed by atoms with E-state index in [1.165, 1.54) is 17.0 Å². The lowest BCUT2D eigenvalue weighted by atomic mass is 9.85. The molecule has 4 rings (SSSR count). The summed E-state index contributed by atoms with van der Waals surface area (Å²) in [6.45, 7) is 4.12. The highest BCUT2D eigenvalue weighted by Crippen LogP contribution is 2.35. The fourth-order valence-electron chi connectivity index (χ4n) is 4.41. The first-order valence-corrected chi connectivity index (χ1v) is 9.84. The van der Waals surface area contributed by atoms with E-state index < -0.39 is 0 Å². The molecule has 0 N–H and O–H groups in total. The molecule has 2 aliphatic heterocycles. The van der Waals surface area contributed by atoms with Gasteiger partial charge in [-0.3, -0.25) is 24.3 Å². The molecule has 0 bridgehead atoms. The van der Waals surface area contributed by atoms with Crippen molar-refractivity contribution in [3.05, 3.63) is 41.7 Å². The van der Waals surface area contributed by atoms with Gasteiger partial charge in [0.15, 0.2) is 0 Å². The molecule has 0 unspecified atom stereocenters. The zero-order valence-electron chi connectivity index (χ0n) is 16.1. The van der Waals surface area contributed by atoms with Crippen LogP contribution in [0.3, 0.4) is 0 Å². The summed E-state index contributed by atoms with van der Waals surface area (Å²) < 4.78 is 18.9. The van der Waals surface area contributed by atoms with Crippen LogP contribution in [0.15, 0.2) is 30.4 Å². The van der Waals surface area contributed by atoms with Crippen molar-refractivity contribution in [3.8, 4) is 5.75 Å². The summed E-state index contributed by atoms with van der Waals surface area (Å²) in [5, 5.41) is 0. The van der Waals surface area contributed by atoms with Gasteiger partial charge in [0.25, 0.3) is 0 Å². The number of hydrogen-bond acceptors (Lipinski definition) is 5. The fraction of sp³-hybridized carbons (Fsp3) is 0.524. The van der Waals surface area contributed by atoms with E-state index in [0.29, 0.717) is 31.8 Å². The SMILES string of the molecule is COc1ccc(F)cc1CN1CCN(CN2C(=O)[C@H]3CC=CC[C@H]3C2=O)CC1. The molecule has 0 radical (unpaired) electrons. The Kier molecular flexibility index (Phi) is 5.46. The van der Waals surface area contributed by atoms with Crippen LogP contribution in [-0.4, -0.2) is 66.5 Å². The summed E-state index contributed by atoms with van der Waals surface area (Å²) in [6.07, 6.45) is 5.37. The third-order valence-electron chi connectivity index (χ3n) is 6.04. The van der Waals surface area contributed by atoms with Gasteiger partial charge in [0, 0.05) is 38.3 Å². The van der Waals surface area contributed by atoms with E-state index in [4.69, 9.17) is 4.74 Å². The van der Waals surface area contributed by atoms with Crippen molar-refractivity contribution < 1.29 is 18.7 Å². The molecule has 28 heavy (non-hydrogen) atoms. The average molecular weight is 387 g/mol. The van der Waals surface area contributed by atoms with Crippen LogP contribution in [0.25, 0.3) is 0 Å². The molecule has 0 saturated carbocycles. The molecule has 1 aromatic carbocycles. The molecule has 7 heteroatoms. The Labute approximate surface area is 164 Å². The minimum Gasteiger partial charge on any atom is -0.496 e. The molecule has 2 amide bonds. The normalized spacial score (nSPS) is 26.0. The minimum absolute atomic E-state index is 0.0220. The molecular formula is C21H26FN3O3. The number of carbonyl (C=O) groups is 2. The van der Waals surface area contributed by atoms with Gasteiger partial charge >= 0.3 is 0 Å². The van der Waals surface area contributed by atoms with Crippen molar-refractivity contribution in [2.24, 2.45) is 11.8 Å². The van der Waals surface area contributed by atoms with Gasteiger partial charge in [-0.15, -0.1) is 0 Å². The summed E-state index contributed by atoms with van der Waals surface area (Å²) in [5.74, 6) is 0.0424. The number of hydrogen-bond donors (Lipinski definition) is 0. The van der Waals surface area contributed by atoms with Gasteiger partial charge in [-0.1, -0.05) is 12.2 Å². The number of benzene rings is 1. The first-order valence-electron chi connectivity index (χ1n) is 9.84. The van der Waals surface area contributed by atoms with Crippen LogP contribution in [-0.2, 0) is 16.1 Å². The largest absolute Gasteiger partial charge is 0.496 e. The quantitative estimate of drug-likeness (QED) is 0.570. The molecular weight excluding hydrogens is 361 g/mol. The third-order valence-corrected chi connectivity index (χ3v) is 6.04. The van der Waals surface area contributed by atoms with E-state index in [1.807, 2.05) is 12.2 Å². The lowest BCUT2D eigenvalue weighted by molar-refractivity contribution is -0.142. The number of halogens is 1. The number of piperazine rings is 1. The molecule has 150 valence electrons. The van der Waals surface area contributed by atoms with Gasteiger partial charge in [-0.25, -0.2) is 4.39 Å². The zero-order valence-corrected chi connectivity index (χ0v) is 16.1. The van der Waals surface area contributed by atoms with Crippen LogP contribution < -0.4 is 4.74 Å². The molecule has 2 fully saturated rings. The number of rotatable bonds is 5. The number of nitrogens with zero attached hydrogens (tertiary/aromatic N) is 3. The molecule has 2 heterocycles. The number of methoxy groups -OCH3 is 1. The first kappa shape index (κ1) is 19.1. The second-order valence-corrected chi connectivity index (χ2v) is 7.75. The van der Waals surface area contributed by atoms with Crippen LogP contribution in [0.5, 0.6) is 5.75 Å². The van der Waals surface area contributed by atoms with Gasteiger partial charge in [0.05, 0.1) is 25.6 Å². The van der Waals surface area contributed by atoms with Crippen LogP contribution in [0.2, 0.25) is 0 Å². The highest BCUT2D eigenvalue weighted by molar-refractivity contribution is 6.05. The monoisotopic (exact) mass is 387 g/mol. The van der Waals surface area contributed by atoms with Gasteiger partial charge in [-0.05, 0) is 31.0 Å². The molecule has 0 aromatic heterocycles. The van der Waals surface area contributed by atoms with Crippen molar-refractivity contribution in [2.45, 2.75) is 19.4 Å². The predicted molar refractivity (Wildman–Crippen MR) is 102 cm³/mol. The highest BCUT2D eigenvalue weighted by atomic mass is 19.1. The van der Waals surface area contributed by atoms with E-state index in [2.05, 4.69) is 9.80 Å². The Hall–Kier alpha value is -2.25. The smallest absolute Gasteiger partial charge is 0.234 e. The Bertz CT molecular complexity index is 763. The maximum atomic E-state index is 13.6. The van der Waals surface area contributed by atoms with Crippen LogP contribution in [0, 0.1) is 17.7 Å². The van der Waals surface area contributed by atoms with E-state index in [1.54, 1.807) is 13.2 Å².